The number of anilines is 2. The minimum Gasteiger partial charge on any atom is -0.383 e. The van der Waals surface area contributed by atoms with Crippen LogP contribution in [0.1, 0.15) is 0 Å². The third-order valence-corrected chi connectivity index (χ3v) is 2.74. The van der Waals surface area contributed by atoms with Gasteiger partial charge in [-0.2, -0.15) is 0 Å². The molecule has 0 aliphatic carbocycles. The number of rotatable bonds is 3. The first-order valence-electron chi connectivity index (χ1n) is 4.87. The Hall–Kier alpha value is -2.02. The number of nitrogens with one attached hydrogen (secondary N) is 2. The normalized spacial score (nSPS) is 10.2. The monoisotopic (exact) mass is 249 g/mol. The van der Waals surface area contributed by atoms with Crippen molar-refractivity contribution in [2.75, 3.05) is 18.1 Å². The Kier molecular flexibility index (Phi) is 3.29. The van der Waals surface area contributed by atoms with E-state index in [1.807, 2.05) is 18.2 Å². The lowest BCUT2D eigenvalue weighted by atomic mass is 10.5. The zero-order valence-corrected chi connectivity index (χ0v) is 9.91. The smallest absolute Gasteiger partial charge is 0.253 e. The molecule has 88 valence electrons. The van der Waals surface area contributed by atoms with E-state index in [0.29, 0.717) is 5.16 Å². The molecule has 0 aliphatic heterocycles. The van der Waals surface area contributed by atoms with Crippen LogP contribution in [0.25, 0.3) is 0 Å². The summed E-state index contributed by atoms with van der Waals surface area (Å²) in [6, 6.07) is 6.78. The van der Waals surface area contributed by atoms with Crippen LogP contribution in [0, 0.1) is 0 Å². The minimum absolute atomic E-state index is 0.195. The molecule has 0 saturated heterocycles. The van der Waals surface area contributed by atoms with Crippen LogP contribution in [0.5, 0.6) is 0 Å². The van der Waals surface area contributed by atoms with E-state index in [9.17, 15) is 4.79 Å². The SMILES string of the molecule is CNc1cccc(Sc2nc(N)cc(=O)[nH]2)n1. The fourth-order valence-corrected chi connectivity index (χ4v) is 2.00. The van der Waals surface area contributed by atoms with Crippen LogP contribution in [-0.4, -0.2) is 22.0 Å². The lowest BCUT2D eigenvalue weighted by molar-refractivity contribution is 0.940. The van der Waals surface area contributed by atoms with E-state index in [1.165, 1.54) is 17.8 Å². The molecule has 0 bridgehead atoms. The van der Waals surface area contributed by atoms with Gasteiger partial charge in [0.1, 0.15) is 16.7 Å². The molecule has 7 heteroatoms. The van der Waals surface area contributed by atoms with Gasteiger partial charge < -0.3 is 16.0 Å². The van der Waals surface area contributed by atoms with Crippen molar-refractivity contribution in [3.8, 4) is 0 Å². The lowest BCUT2D eigenvalue weighted by Crippen LogP contribution is -2.09. The maximum atomic E-state index is 11.2. The van der Waals surface area contributed by atoms with Gasteiger partial charge >= 0.3 is 0 Å². The van der Waals surface area contributed by atoms with Gasteiger partial charge in [0.2, 0.25) is 0 Å². The molecule has 0 spiro atoms. The predicted octanol–water partition coefficient (Wildman–Crippen LogP) is 0.940. The molecule has 0 unspecified atom stereocenters. The molecular formula is C10H11N5OS. The van der Waals surface area contributed by atoms with Crippen molar-refractivity contribution in [1.29, 1.82) is 0 Å². The first-order chi connectivity index (χ1) is 8.17. The highest BCUT2D eigenvalue weighted by Gasteiger charge is 2.03. The van der Waals surface area contributed by atoms with Crippen LogP contribution < -0.4 is 16.6 Å². The van der Waals surface area contributed by atoms with Crippen LogP contribution in [-0.2, 0) is 0 Å². The summed E-state index contributed by atoms with van der Waals surface area (Å²) >= 11 is 1.25. The molecule has 17 heavy (non-hydrogen) atoms. The second-order valence-electron chi connectivity index (χ2n) is 3.19. The predicted molar refractivity (Wildman–Crippen MR) is 67.2 cm³/mol. The Morgan fingerprint density at radius 1 is 1.41 bits per heavy atom. The van der Waals surface area contributed by atoms with E-state index >= 15 is 0 Å². The van der Waals surface area contributed by atoms with E-state index in [1.54, 1.807) is 7.05 Å². The van der Waals surface area contributed by atoms with E-state index < -0.39 is 0 Å². The number of nitrogen functional groups attached to an aromatic ring is 1. The molecule has 0 radical (unpaired) electrons. The highest BCUT2D eigenvalue weighted by Crippen LogP contribution is 2.23. The molecular weight excluding hydrogens is 238 g/mol. The highest BCUT2D eigenvalue weighted by molar-refractivity contribution is 7.99. The van der Waals surface area contributed by atoms with Crippen LogP contribution >= 0.6 is 11.8 Å². The molecule has 6 nitrogen and oxygen atoms in total. The molecule has 0 atom stereocenters. The quantitative estimate of drug-likeness (QED) is 0.700. The first kappa shape index (κ1) is 11.5. The Bertz CT molecular complexity index is 583. The van der Waals surface area contributed by atoms with Crippen LogP contribution in [0.4, 0.5) is 11.6 Å². The Morgan fingerprint density at radius 3 is 2.94 bits per heavy atom. The summed E-state index contributed by atoms with van der Waals surface area (Å²) < 4.78 is 0. The van der Waals surface area contributed by atoms with Crippen LogP contribution in [0.3, 0.4) is 0 Å². The summed E-state index contributed by atoms with van der Waals surface area (Å²) in [4.78, 5) is 22.1. The van der Waals surface area contributed by atoms with Crippen LogP contribution in [0.15, 0.2) is 39.2 Å². The fraction of sp³-hybridized carbons (Fsp3) is 0.100. The topological polar surface area (TPSA) is 96.7 Å². The standard InChI is InChI=1S/C10H11N5OS/c1-12-7-3-2-4-9(14-7)17-10-13-6(11)5-8(16)15-10/h2-5H,1H3,(H,12,14)(H3,11,13,15,16). The average Bonchev–Trinajstić information content (AvgIpc) is 2.28. The number of hydrogen-bond acceptors (Lipinski definition) is 6. The maximum Gasteiger partial charge on any atom is 0.253 e. The molecule has 2 rings (SSSR count). The molecule has 2 heterocycles. The van der Waals surface area contributed by atoms with Crippen molar-refractivity contribution in [2.45, 2.75) is 10.2 Å². The van der Waals surface area contributed by atoms with Gasteiger partial charge in [0.05, 0.1) is 0 Å². The summed E-state index contributed by atoms with van der Waals surface area (Å²) in [5.74, 6) is 0.947. The molecule has 0 saturated carbocycles. The molecule has 2 aromatic rings. The molecule has 0 aliphatic rings. The zero-order chi connectivity index (χ0) is 12.3. The largest absolute Gasteiger partial charge is 0.383 e. The van der Waals surface area contributed by atoms with Crippen molar-refractivity contribution in [1.82, 2.24) is 15.0 Å². The highest BCUT2D eigenvalue weighted by atomic mass is 32.2. The summed E-state index contributed by atoms with van der Waals surface area (Å²) in [5, 5.41) is 4.09. The van der Waals surface area contributed by atoms with Crippen LogP contribution in [0.2, 0.25) is 0 Å². The van der Waals surface area contributed by atoms with Crippen molar-refractivity contribution in [3.63, 3.8) is 0 Å². The third kappa shape index (κ3) is 2.97. The number of nitrogens with zero attached hydrogens (tertiary/aromatic N) is 2. The minimum atomic E-state index is -0.273. The van der Waals surface area contributed by atoms with E-state index in [4.69, 9.17) is 5.73 Å². The van der Waals surface area contributed by atoms with E-state index in [-0.39, 0.29) is 11.4 Å². The van der Waals surface area contributed by atoms with Crippen molar-refractivity contribution in [3.05, 3.63) is 34.6 Å². The summed E-state index contributed by atoms with van der Waals surface area (Å²) in [7, 11) is 1.79. The number of H-pyrrole nitrogens is 1. The van der Waals surface area contributed by atoms with Gasteiger partial charge in [-0.3, -0.25) is 4.79 Å². The van der Waals surface area contributed by atoms with Crippen molar-refractivity contribution in [2.24, 2.45) is 0 Å². The average molecular weight is 249 g/mol. The van der Waals surface area contributed by atoms with Gasteiger partial charge in [-0.15, -0.1) is 0 Å². The number of nitrogens with two attached hydrogens (primary N) is 1. The van der Waals surface area contributed by atoms with Crippen molar-refractivity contribution < 1.29 is 0 Å². The second kappa shape index (κ2) is 4.88. The first-order valence-corrected chi connectivity index (χ1v) is 5.68. The van der Waals surface area contributed by atoms with Gasteiger partial charge in [-0.05, 0) is 23.9 Å². The second-order valence-corrected chi connectivity index (χ2v) is 4.20. The number of aromatic amines is 1. The fourth-order valence-electron chi connectivity index (χ4n) is 1.21. The molecule has 0 fully saturated rings. The lowest BCUT2D eigenvalue weighted by Gasteiger charge is -2.03. The van der Waals surface area contributed by atoms with Gasteiger partial charge in [0, 0.05) is 13.1 Å². The van der Waals surface area contributed by atoms with E-state index in [2.05, 4.69) is 20.3 Å². The summed E-state index contributed by atoms with van der Waals surface area (Å²) in [5.41, 5.74) is 5.22. The third-order valence-electron chi connectivity index (χ3n) is 1.92. The number of hydrogen-bond donors (Lipinski definition) is 3. The Labute approximate surface area is 102 Å². The summed E-state index contributed by atoms with van der Waals surface area (Å²) in [6.45, 7) is 0. The molecule has 0 amide bonds. The van der Waals surface area contributed by atoms with Gasteiger partial charge in [-0.1, -0.05) is 6.07 Å². The molecule has 0 aromatic carbocycles. The number of pyridine rings is 1. The van der Waals surface area contributed by atoms with Gasteiger partial charge in [-0.25, -0.2) is 9.97 Å². The number of aromatic nitrogens is 3. The van der Waals surface area contributed by atoms with Gasteiger partial charge in [0.15, 0.2) is 5.16 Å². The Morgan fingerprint density at radius 2 is 2.24 bits per heavy atom. The molecule has 2 aromatic heterocycles. The zero-order valence-electron chi connectivity index (χ0n) is 9.10. The maximum absolute atomic E-state index is 11.2. The summed E-state index contributed by atoms with van der Waals surface area (Å²) in [6.07, 6.45) is 0. The van der Waals surface area contributed by atoms with Crippen molar-refractivity contribution >= 4 is 23.4 Å². The Balaban J connectivity index is 2.27. The van der Waals surface area contributed by atoms with Gasteiger partial charge in [0.25, 0.3) is 5.56 Å². The van der Waals surface area contributed by atoms with E-state index in [0.717, 1.165) is 10.8 Å². The molecule has 4 N–H and O–H groups in total.